The van der Waals surface area contributed by atoms with Gasteiger partial charge in [-0.2, -0.15) is 0 Å². The average molecular weight is 293 g/mol. The van der Waals surface area contributed by atoms with E-state index in [1.54, 1.807) is 12.5 Å². The van der Waals surface area contributed by atoms with Gasteiger partial charge >= 0.3 is 0 Å². The van der Waals surface area contributed by atoms with Crippen molar-refractivity contribution in [2.24, 2.45) is 7.05 Å². The van der Waals surface area contributed by atoms with E-state index >= 15 is 0 Å². The number of hydrogen-bond acceptors (Lipinski definition) is 3. The second-order valence-electron chi connectivity index (χ2n) is 5.50. The van der Waals surface area contributed by atoms with Crippen LogP contribution in [0.15, 0.2) is 30.7 Å². The SMILES string of the molecule is Cn1cncc1CN1C[C@H](O)C[C@@H]1c1cc(F)ccc1F. The predicted octanol–water partition coefficient (Wildman–Crippen LogP) is 2.01. The van der Waals surface area contributed by atoms with Gasteiger partial charge in [0.15, 0.2) is 0 Å². The van der Waals surface area contributed by atoms with Crippen LogP contribution in [0.3, 0.4) is 0 Å². The number of aliphatic hydroxyl groups excluding tert-OH is 1. The Balaban J connectivity index is 1.89. The van der Waals surface area contributed by atoms with Crippen LogP contribution in [0.1, 0.15) is 23.7 Å². The van der Waals surface area contributed by atoms with Crippen molar-refractivity contribution in [3.8, 4) is 0 Å². The molecule has 6 heteroatoms. The molecule has 1 N–H and O–H groups in total. The van der Waals surface area contributed by atoms with Crippen LogP contribution in [-0.2, 0) is 13.6 Å². The molecule has 2 atom stereocenters. The minimum atomic E-state index is -0.536. The Labute approximate surface area is 121 Å². The molecule has 1 aliphatic rings. The molecule has 0 unspecified atom stereocenters. The molecule has 4 nitrogen and oxygen atoms in total. The van der Waals surface area contributed by atoms with Crippen LogP contribution in [0.5, 0.6) is 0 Å². The molecule has 3 rings (SSSR count). The van der Waals surface area contributed by atoms with E-state index in [1.165, 1.54) is 6.07 Å². The third kappa shape index (κ3) is 2.82. The molecular weight excluding hydrogens is 276 g/mol. The van der Waals surface area contributed by atoms with E-state index in [0.29, 0.717) is 25.1 Å². The molecule has 21 heavy (non-hydrogen) atoms. The second kappa shape index (κ2) is 5.54. The third-order valence-electron chi connectivity index (χ3n) is 3.98. The summed E-state index contributed by atoms with van der Waals surface area (Å²) in [6, 6.07) is 3.13. The van der Waals surface area contributed by atoms with Crippen LogP contribution in [0, 0.1) is 11.6 Å². The monoisotopic (exact) mass is 293 g/mol. The zero-order valence-electron chi connectivity index (χ0n) is 11.7. The fourth-order valence-electron chi connectivity index (χ4n) is 2.89. The van der Waals surface area contributed by atoms with Crippen LogP contribution in [0.2, 0.25) is 0 Å². The topological polar surface area (TPSA) is 41.3 Å². The van der Waals surface area contributed by atoms with E-state index in [2.05, 4.69) is 4.98 Å². The van der Waals surface area contributed by atoms with Crippen LogP contribution in [0.4, 0.5) is 8.78 Å². The second-order valence-corrected chi connectivity index (χ2v) is 5.50. The van der Waals surface area contributed by atoms with Gasteiger partial charge in [0.2, 0.25) is 0 Å². The lowest BCUT2D eigenvalue weighted by atomic mass is 10.0. The number of aryl methyl sites for hydroxylation is 1. The lowest BCUT2D eigenvalue weighted by molar-refractivity contribution is 0.171. The average Bonchev–Trinajstić information content (AvgIpc) is 3.00. The molecule has 2 aromatic rings. The van der Waals surface area contributed by atoms with E-state index in [9.17, 15) is 13.9 Å². The normalized spacial score (nSPS) is 22.9. The standard InChI is InChI=1S/C15H17F2N3O/c1-19-9-18-6-11(19)7-20-8-12(21)5-15(20)13-4-10(16)2-3-14(13)17/h2-4,6,9,12,15,21H,5,7-8H2,1H3/t12-,15-/m1/s1. The highest BCUT2D eigenvalue weighted by Crippen LogP contribution is 2.35. The molecule has 0 aliphatic carbocycles. The van der Waals surface area contributed by atoms with Crippen LogP contribution in [0.25, 0.3) is 0 Å². The molecule has 1 aromatic carbocycles. The highest BCUT2D eigenvalue weighted by molar-refractivity contribution is 5.24. The lowest BCUT2D eigenvalue weighted by Gasteiger charge is -2.24. The highest BCUT2D eigenvalue weighted by atomic mass is 19.1. The fraction of sp³-hybridized carbons (Fsp3) is 0.400. The van der Waals surface area contributed by atoms with E-state index in [4.69, 9.17) is 0 Å². The third-order valence-corrected chi connectivity index (χ3v) is 3.98. The maximum Gasteiger partial charge on any atom is 0.128 e. The summed E-state index contributed by atoms with van der Waals surface area (Å²) in [6.07, 6.45) is 3.30. The Kier molecular flexibility index (Phi) is 3.73. The van der Waals surface area contributed by atoms with Crippen molar-refractivity contribution in [2.45, 2.75) is 25.1 Å². The first-order valence-corrected chi connectivity index (χ1v) is 6.87. The minimum absolute atomic E-state index is 0.300. The number of β-amino-alcohol motifs (C(OH)–C–C–N with tert-alkyl or cyclic N) is 1. The van der Waals surface area contributed by atoms with Crippen molar-refractivity contribution < 1.29 is 13.9 Å². The van der Waals surface area contributed by atoms with E-state index in [0.717, 1.165) is 17.8 Å². The molecule has 0 amide bonds. The summed E-state index contributed by atoms with van der Waals surface area (Å²) in [5.41, 5.74) is 1.26. The zero-order valence-corrected chi connectivity index (χ0v) is 11.7. The number of hydrogen-bond donors (Lipinski definition) is 1. The number of likely N-dealkylation sites (tertiary alicyclic amines) is 1. The van der Waals surface area contributed by atoms with Gasteiger partial charge in [-0.3, -0.25) is 4.90 Å². The molecule has 0 spiro atoms. The van der Waals surface area contributed by atoms with Crippen LogP contribution in [-0.4, -0.2) is 32.2 Å². The molecule has 0 radical (unpaired) electrons. The van der Waals surface area contributed by atoms with Gasteiger partial charge in [0.1, 0.15) is 11.6 Å². The van der Waals surface area contributed by atoms with Gasteiger partial charge in [0.25, 0.3) is 0 Å². The van der Waals surface area contributed by atoms with Crippen molar-refractivity contribution in [1.29, 1.82) is 0 Å². The summed E-state index contributed by atoms with van der Waals surface area (Å²) >= 11 is 0. The summed E-state index contributed by atoms with van der Waals surface area (Å²) < 4.78 is 29.3. The molecule has 1 fully saturated rings. The Hall–Kier alpha value is -1.79. The summed E-state index contributed by atoms with van der Waals surface area (Å²) in [7, 11) is 1.88. The van der Waals surface area contributed by atoms with Crippen LogP contribution >= 0.6 is 0 Å². The van der Waals surface area contributed by atoms with E-state index < -0.39 is 17.7 Å². The molecular formula is C15H17F2N3O. The summed E-state index contributed by atoms with van der Waals surface area (Å²) in [5.74, 6) is -0.904. The van der Waals surface area contributed by atoms with Crippen molar-refractivity contribution in [3.05, 3.63) is 53.6 Å². The quantitative estimate of drug-likeness (QED) is 0.941. The van der Waals surface area contributed by atoms with Crippen LogP contribution < -0.4 is 0 Å². The van der Waals surface area contributed by atoms with Crippen molar-refractivity contribution in [3.63, 3.8) is 0 Å². The number of imidazole rings is 1. The van der Waals surface area contributed by atoms with Gasteiger partial charge < -0.3 is 9.67 Å². The molecule has 112 valence electrons. The van der Waals surface area contributed by atoms with Crippen molar-refractivity contribution >= 4 is 0 Å². The van der Waals surface area contributed by atoms with Gasteiger partial charge in [-0.05, 0) is 24.6 Å². The predicted molar refractivity (Wildman–Crippen MR) is 73.3 cm³/mol. The van der Waals surface area contributed by atoms with Gasteiger partial charge in [0, 0.05) is 37.9 Å². The number of benzene rings is 1. The summed E-state index contributed by atoms with van der Waals surface area (Å²) in [6.45, 7) is 0.972. The number of rotatable bonds is 3. The Morgan fingerprint density at radius 2 is 2.19 bits per heavy atom. The maximum atomic E-state index is 14.0. The van der Waals surface area contributed by atoms with Gasteiger partial charge in [-0.1, -0.05) is 0 Å². The van der Waals surface area contributed by atoms with E-state index in [-0.39, 0.29) is 6.04 Å². The van der Waals surface area contributed by atoms with Crippen molar-refractivity contribution in [2.75, 3.05) is 6.54 Å². The molecule has 1 aromatic heterocycles. The van der Waals surface area contributed by atoms with Gasteiger partial charge in [-0.25, -0.2) is 13.8 Å². The zero-order chi connectivity index (χ0) is 15.0. The molecule has 0 bridgehead atoms. The minimum Gasteiger partial charge on any atom is -0.392 e. The Morgan fingerprint density at radius 3 is 2.90 bits per heavy atom. The molecule has 0 saturated carbocycles. The first-order chi connectivity index (χ1) is 10.0. The first-order valence-electron chi connectivity index (χ1n) is 6.87. The number of nitrogens with zero attached hydrogens (tertiary/aromatic N) is 3. The van der Waals surface area contributed by atoms with Gasteiger partial charge in [-0.15, -0.1) is 0 Å². The highest BCUT2D eigenvalue weighted by Gasteiger charge is 2.34. The van der Waals surface area contributed by atoms with Crippen molar-refractivity contribution in [1.82, 2.24) is 14.5 Å². The summed E-state index contributed by atoms with van der Waals surface area (Å²) in [5, 5.41) is 9.91. The lowest BCUT2D eigenvalue weighted by Crippen LogP contribution is -2.26. The molecule has 1 saturated heterocycles. The Morgan fingerprint density at radius 1 is 1.38 bits per heavy atom. The number of aliphatic hydroxyl groups is 1. The smallest absolute Gasteiger partial charge is 0.128 e. The Bertz CT molecular complexity index is 644. The van der Waals surface area contributed by atoms with Gasteiger partial charge in [0.05, 0.1) is 18.1 Å². The molecule has 1 aliphatic heterocycles. The summed E-state index contributed by atoms with van der Waals surface area (Å²) in [4.78, 5) is 6.01. The largest absolute Gasteiger partial charge is 0.392 e. The fourth-order valence-corrected chi connectivity index (χ4v) is 2.89. The first kappa shape index (κ1) is 14.2. The van der Waals surface area contributed by atoms with E-state index in [1.807, 2.05) is 16.5 Å². The number of aromatic nitrogens is 2. The maximum absolute atomic E-state index is 14.0. The molecule has 2 heterocycles. The number of halogens is 2.